The Hall–Kier alpha value is -0.430. The Kier molecular flexibility index (Phi) is 3.40. The molecule has 0 unspecified atom stereocenters. The second-order valence-corrected chi connectivity index (χ2v) is 8.12. The zero-order chi connectivity index (χ0) is 10.7. The van der Waals surface area contributed by atoms with Crippen LogP contribution in [-0.4, -0.2) is 41.9 Å². The molecule has 0 spiro atoms. The second kappa shape index (κ2) is 4.61. The lowest BCUT2D eigenvalue weighted by Crippen LogP contribution is -2.35. The molecule has 0 saturated carbocycles. The average Bonchev–Trinajstić information content (AvgIpc) is 2.23. The molecule has 0 radical (unpaired) electrons. The van der Waals surface area contributed by atoms with Crippen LogP contribution in [0.4, 0.5) is 0 Å². The molecule has 82 valence electrons. The van der Waals surface area contributed by atoms with Crippen LogP contribution in [0.2, 0.25) is 0 Å². The molecule has 2 nitrogen and oxygen atoms in total. The molecule has 1 aromatic rings. The van der Waals surface area contributed by atoms with Gasteiger partial charge in [-0.25, -0.2) is 0 Å². The standard InChI is InChI=1S/C12H19NOP/c1-15(14)9-7-13(8-10-15)11-12-5-3-2-4-6-12/h2-6,14H,7-11H2,1H3/q+1. The highest BCUT2D eigenvalue weighted by Gasteiger charge is 2.34. The highest BCUT2D eigenvalue weighted by molar-refractivity contribution is 7.69. The van der Waals surface area contributed by atoms with E-state index >= 15 is 0 Å². The summed E-state index contributed by atoms with van der Waals surface area (Å²) in [4.78, 5) is 12.4. The predicted molar refractivity (Wildman–Crippen MR) is 66.5 cm³/mol. The fourth-order valence-corrected chi connectivity index (χ4v) is 3.59. The number of hydrogen-bond donors (Lipinski definition) is 1. The van der Waals surface area contributed by atoms with Crippen LogP contribution in [0.1, 0.15) is 5.56 Å². The van der Waals surface area contributed by atoms with E-state index in [2.05, 4.69) is 35.2 Å². The summed E-state index contributed by atoms with van der Waals surface area (Å²) in [5.74, 6) is 0. The molecule has 1 saturated heterocycles. The van der Waals surface area contributed by atoms with Crippen LogP contribution in [0.25, 0.3) is 0 Å². The number of rotatable bonds is 2. The van der Waals surface area contributed by atoms with Gasteiger partial charge < -0.3 is 0 Å². The van der Waals surface area contributed by atoms with Gasteiger partial charge in [-0.05, 0) is 5.56 Å². The Morgan fingerprint density at radius 1 is 1.20 bits per heavy atom. The van der Waals surface area contributed by atoms with Crippen molar-refractivity contribution in [3.05, 3.63) is 35.9 Å². The minimum atomic E-state index is -1.52. The Bertz CT molecular complexity index is 303. The quantitative estimate of drug-likeness (QED) is 0.777. The molecule has 1 aliphatic heterocycles. The molecule has 1 aromatic carbocycles. The van der Waals surface area contributed by atoms with Gasteiger partial charge in [0, 0.05) is 19.6 Å². The third-order valence-corrected chi connectivity index (χ3v) is 5.37. The molecular formula is C12H19NOP+. The Morgan fingerprint density at radius 2 is 1.80 bits per heavy atom. The highest BCUT2D eigenvalue weighted by Crippen LogP contribution is 2.51. The molecule has 0 aromatic heterocycles. The predicted octanol–water partition coefficient (Wildman–Crippen LogP) is 2.06. The third-order valence-electron chi connectivity index (χ3n) is 3.04. The van der Waals surface area contributed by atoms with Crippen LogP contribution in [0.15, 0.2) is 30.3 Å². The molecular weight excluding hydrogens is 205 g/mol. The van der Waals surface area contributed by atoms with Crippen molar-refractivity contribution in [3.8, 4) is 0 Å². The molecule has 1 heterocycles. The molecule has 1 aliphatic rings. The van der Waals surface area contributed by atoms with Crippen molar-refractivity contribution < 1.29 is 4.89 Å². The van der Waals surface area contributed by atoms with E-state index in [9.17, 15) is 4.89 Å². The smallest absolute Gasteiger partial charge is 0.141 e. The van der Waals surface area contributed by atoms with Crippen molar-refractivity contribution in [1.29, 1.82) is 0 Å². The molecule has 0 atom stereocenters. The van der Waals surface area contributed by atoms with E-state index in [4.69, 9.17) is 0 Å². The van der Waals surface area contributed by atoms with Gasteiger partial charge in [-0.3, -0.25) is 9.79 Å². The molecule has 0 aliphatic carbocycles. The highest BCUT2D eigenvalue weighted by atomic mass is 31.2. The zero-order valence-corrected chi connectivity index (χ0v) is 10.2. The van der Waals surface area contributed by atoms with Crippen molar-refractivity contribution in [2.24, 2.45) is 0 Å². The second-order valence-electron chi connectivity index (χ2n) is 4.55. The van der Waals surface area contributed by atoms with Crippen LogP contribution in [0, 0.1) is 0 Å². The fourth-order valence-electron chi connectivity index (χ4n) is 1.94. The van der Waals surface area contributed by atoms with E-state index in [1.54, 1.807) is 0 Å². The third kappa shape index (κ3) is 3.27. The van der Waals surface area contributed by atoms with E-state index in [0.29, 0.717) is 0 Å². The first-order valence-corrected chi connectivity index (χ1v) is 8.05. The topological polar surface area (TPSA) is 23.5 Å². The van der Waals surface area contributed by atoms with Gasteiger partial charge in [0.15, 0.2) is 0 Å². The van der Waals surface area contributed by atoms with E-state index < -0.39 is 7.49 Å². The van der Waals surface area contributed by atoms with Crippen LogP contribution in [0.3, 0.4) is 0 Å². The van der Waals surface area contributed by atoms with Crippen molar-refractivity contribution in [3.63, 3.8) is 0 Å². The molecule has 0 amide bonds. The van der Waals surface area contributed by atoms with Crippen LogP contribution in [0.5, 0.6) is 0 Å². The lowest BCUT2D eigenvalue weighted by atomic mass is 10.2. The largest absolute Gasteiger partial charge is 0.292 e. The maximum atomic E-state index is 9.94. The summed E-state index contributed by atoms with van der Waals surface area (Å²) >= 11 is 0. The number of nitrogens with zero attached hydrogens (tertiary/aromatic N) is 1. The van der Waals surface area contributed by atoms with Gasteiger partial charge in [0.05, 0.1) is 19.0 Å². The summed E-state index contributed by atoms with van der Waals surface area (Å²) in [6.45, 7) is 5.18. The Labute approximate surface area is 92.3 Å². The first-order valence-electron chi connectivity index (χ1n) is 5.49. The minimum absolute atomic E-state index is 1.000. The van der Waals surface area contributed by atoms with Gasteiger partial charge in [-0.1, -0.05) is 30.3 Å². The average molecular weight is 224 g/mol. The SMILES string of the molecule is C[P+]1(O)CCN(Cc2ccccc2)CC1. The summed E-state index contributed by atoms with van der Waals surface area (Å²) in [6.07, 6.45) is 2.00. The van der Waals surface area contributed by atoms with Gasteiger partial charge in [-0.15, -0.1) is 0 Å². The molecule has 3 heteroatoms. The van der Waals surface area contributed by atoms with E-state index in [1.165, 1.54) is 5.56 Å². The van der Waals surface area contributed by atoms with Crippen LogP contribution < -0.4 is 0 Å². The summed E-state index contributed by atoms with van der Waals surface area (Å²) in [5, 5.41) is 0. The van der Waals surface area contributed by atoms with Crippen LogP contribution in [-0.2, 0) is 6.54 Å². The maximum absolute atomic E-state index is 9.94. The monoisotopic (exact) mass is 224 g/mol. The van der Waals surface area contributed by atoms with Crippen molar-refractivity contribution in [2.75, 3.05) is 32.1 Å². The van der Waals surface area contributed by atoms with Crippen LogP contribution >= 0.6 is 7.49 Å². The van der Waals surface area contributed by atoms with E-state index in [-0.39, 0.29) is 0 Å². The van der Waals surface area contributed by atoms with Gasteiger partial charge in [-0.2, -0.15) is 0 Å². The fraction of sp³-hybridized carbons (Fsp3) is 0.500. The van der Waals surface area contributed by atoms with Crippen molar-refractivity contribution in [1.82, 2.24) is 4.90 Å². The first kappa shape index (κ1) is 11.1. The van der Waals surface area contributed by atoms with Gasteiger partial charge >= 0.3 is 0 Å². The first-order chi connectivity index (χ1) is 7.16. The minimum Gasteiger partial charge on any atom is -0.292 e. The molecule has 1 fully saturated rings. The molecule has 0 bridgehead atoms. The zero-order valence-electron chi connectivity index (χ0n) is 9.26. The molecule has 15 heavy (non-hydrogen) atoms. The molecule has 2 rings (SSSR count). The number of hydrogen-bond acceptors (Lipinski definition) is 2. The molecule has 1 N–H and O–H groups in total. The lowest BCUT2D eigenvalue weighted by molar-refractivity contribution is 0.284. The summed E-state index contributed by atoms with van der Waals surface area (Å²) < 4.78 is 0. The number of benzene rings is 1. The van der Waals surface area contributed by atoms with Gasteiger partial charge in [0.25, 0.3) is 0 Å². The Balaban J connectivity index is 1.88. The Morgan fingerprint density at radius 3 is 2.40 bits per heavy atom. The van der Waals surface area contributed by atoms with E-state index in [0.717, 1.165) is 32.0 Å². The summed E-state index contributed by atoms with van der Waals surface area (Å²) in [6, 6.07) is 10.6. The van der Waals surface area contributed by atoms with Crippen molar-refractivity contribution in [2.45, 2.75) is 6.54 Å². The summed E-state index contributed by atoms with van der Waals surface area (Å²) in [7, 11) is -1.52. The van der Waals surface area contributed by atoms with Gasteiger partial charge in [0.2, 0.25) is 0 Å². The lowest BCUT2D eigenvalue weighted by Gasteiger charge is -2.30. The van der Waals surface area contributed by atoms with E-state index in [1.807, 2.05) is 6.66 Å². The maximum Gasteiger partial charge on any atom is 0.141 e. The summed E-state index contributed by atoms with van der Waals surface area (Å²) in [5.41, 5.74) is 1.37. The van der Waals surface area contributed by atoms with Gasteiger partial charge in [0.1, 0.15) is 7.49 Å². The normalized spacial score (nSPS) is 21.5. The van der Waals surface area contributed by atoms with Crippen molar-refractivity contribution >= 4 is 7.49 Å².